The number of halogens is 1. The number of thiophene rings is 1. The molecule has 3 heteroatoms. The summed E-state index contributed by atoms with van der Waals surface area (Å²) in [6.45, 7) is 6.18. The normalized spacial score (nSPS) is 12.7. The summed E-state index contributed by atoms with van der Waals surface area (Å²) in [5.74, 6) is 0. The predicted molar refractivity (Wildman–Crippen MR) is 78.7 cm³/mol. The van der Waals surface area contributed by atoms with Crippen molar-refractivity contribution in [2.45, 2.75) is 33.3 Å². The van der Waals surface area contributed by atoms with E-state index in [2.05, 4.69) is 13.0 Å². The molecule has 1 atom stereocenters. The third-order valence-corrected chi connectivity index (χ3v) is 4.82. The lowest BCUT2D eigenvalue weighted by Crippen LogP contribution is -1.99. The van der Waals surface area contributed by atoms with Gasteiger partial charge < -0.3 is 5.11 Å². The number of hydrogen-bond acceptors (Lipinski definition) is 2. The molecular formula is C15H17ClOS. The van der Waals surface area contributed by atoms with Crippen LogP contribution in [-0.4, -0.2) is 5.11 Å². The zero-order valence-corrected chi connectivity index (χ0v) is 12.4. The van der Waals surface area contributed by atoms with Crippen LogP contribution in [0, 0.1) is 13.8 Å². The minimum absolute atomic E-state index is 0.623. The Morgan fingerprint density at radius 1 is 1.22 bits per heavy atom. The average Bonchev–Trinajstić information content (AvgIpc) is 2.81. The van der Waals surface area contributed by atoms with Crippen molar-refractivity contribution < 1.29 is 5.11 Å². The summed E-state index contributed by atoms with van der Waals surface area (Å²) in [5.41, 5.74) is 3.10. The second kappa shape index (κ2) is 5.43. The molecule has 0 radical (unpaired) electrons. The van der Waals surface area contributed by atoms with E-state index in [0.717, 1.165) is 28.0 Å². The van der Waals surface area contributed by atoms with Crippen LogP contribution in [0.25, 0.3) is 0 Å². The highest BCUT2D eigenvalue weighted by molar-refractivity contribution is 7.12. The van der Waals surface area contributed by atoms with E-state index in [9.17, 15) is 5.11 Å². The summed E-state index contributed by atoms with van der Waals surface area (Å²) in [6, 6.07) is 7.95. The Balaban J connectivity index is 2.39. The minimum Gasteiger partial charge on any atom is -0.383 e. The highest BCUT2D eigenvalue weighted by Crippen LogP contribution is 2.33. The van der Waals surface area contributed by atoms with Gasteiger partial charge in [0.25, 0.3) is 0 Å². The highest BCUT2D eigenvalue weighted by atomic mass is 35.5. The Labute approximate surface area is 117 Å². The van der Waals surface area contributed by atoms with E-state index in [4.69, 9.17) is 11.6 Å². The Morgan fingerprint density at radius 3 is 2.50 bits per heavy atom. The summed E-state index contributed by atoms with van der Waals surface area (Å²) in [5, 5.41) is 11.1. The van der Waals surface area contributed by atoms with E-state index in [1.165, 1.54) is 4.88 Å². The topological polar surface area (TPSA) is 20.2 Å². The molecule has 0 amide bonds. The molecule has 2 aromatic rings. The van der Waals surface area contributed by atoms with Crippen LogP contribution < -0.4 is 0 Å². The second-order valence-corrected chi connectivity index (χ2v) is 6.13. The van der Waals surface area contributed by atoms with Crippen LogP contribution in [0.2, 0.25) is 5.02 Å². The van der Waals surface area contributed by atoms with Gasteiger partial charge in [0.05, 0.1) is 0 Å². The SMILES string of the molecule is CCc1ccc(C(O)c2cc(C)c(C)cc2Cl)s1. The molecule has 0 aliphatic carbocycles. The van der Waals surface area contributed by atoms with Crippen molar-refractivity contribution in [3.05, 3.63) is 55.7 Å². The maximum atomic E-state index is 10.4. The van der Waals surface area contributed by atoms with Gasteiger partial charge in [0.1, 0.15) is 6.10 Å². The van der Waals surface area contributed by atoms with Gasteiger partial charge in [0.2, 0.25) is 0 Å². The minimum atomic E-state index is -0.623. The number of rotatable bonds is 3. The summed E-state index contributed by atoms with van der Waals surface area (Å²) >= 11 is 7.88. The molecule has 1 aromatic carbocycles. The first-order chi connectivity index (χ1) is 8.52. The molecular weight excluding hydrogens is 264 g/mol. The van der Waals surface area contributed by atoms with Gasteiger partial charge in [-0.15, -0.1) is 11.3 Å². The van der Waals surface area contributed by atoms with Gasteiger partial charge in [-0.2, -0.15) is 0 Å². The van der Waals surface area contributed by atoms with E-state index in [1.54, 1.807) is 11.3 Å². The Morgan fingerprint density at radius 2 is 1.89 bits per heavy atom. The molecule has 1 heterocycles. The molecule has 96 valence electrons. The van der Waals surface area contributed by atoms with Gasteiger partial charge in [-0.25, -0.2) is 0 Å². The number of aliphatic hydroxyl groups is 1. The van der Waals surface area contributed by atoms with E-state index in [0.29, 0.717) is 5.02 Å². The molecule has 1 N–H and O–H groups in total. The lowest BCUT2D eigenvalue weighted by atomic mass is 10.0. The third-order valence-electron chi connectivity index (χ3n) is 3.21. The molecule has 1 aromatic heterocycles. The van der Waals surface area contributed by atoms with Gasteiger partial charge in [0.15, 0.2) is 0 Å². The van der Waals surface area contributed by atoms with Crippen LogP contribution in [-0.2, 0) is 6.42 Å². The quantitative estimate of drug-likeness (QED) is 0.867. The van der Waals surface area contributed by atoms with Crippen molar-refractivity contribution in [3.63, 3.8) is 0 Å². The van der Waals surface area contributed by atoms with Gasteiger partial charge in [-0.3, -0.25) is 0 Å². The van der Waals surface area contributed by atoms with Crippen molar-refractivity contribution in [1.29, 1.82) is 0 Å². The molecule has 2 rings (SSSR count). The Kier molecular flexibility index (Phi) is 4.10. The van der Waals surface area contributed by atoms with E-state index >= 15 is 0 Å². The second-order valence-electron chi connectivity index (χ2n) is 4.52. The van der Waals surface area contributed by atoms with Gasteiger partial charge in [-0.1, -0.05) is 24.6 Å². The summed E-state index contributed by atoms with van der Waals surface area (Å²) in [6.07, 6.45) is 0.375. The zero-order chi connectivity index (χ0) is 13.3. The van der Waals surface area contributed by atoms with Gasteiger partial charge in [-0.05, 0) is 49.6 Å². The largest absolute Gasteiger partial charge is 0.383 e. The van der Waals surface area contributed by atoms with Gasteiger partial charge >= 0.3 is 0 Å². The fourth-order valence-corrected chi connectivity index (χ4v) is 3.18. The predicted octanol–water partition coefficient (Wildman–Crippen LogP) is 4.66. The fraction of sp³-hybridized carbons (Fsp3) is 0.333. The van der Waals surface area contributed by atoms with Crippen LogP contribution in [0.15, 0.2) is 24.3 Å². The molecule has 1 nitrogen and oxygen atoms in total. The Bertz CT molecular complexity index is 560. The lowest BCUT2D eigenvalue weighted by molar-refractivity contribution is 0.224. The molecule has 0 saturated heterocycles. The maximum Gasteiger partial charge on any atom is 0.115 e. The summed E-state index contributed by atoms with van der Waals surface area (Å²) in [7, 11) is 0. The number of benzene rings is 1. The molecule has 0 saturated carbocycles. The molecule has 0 aliphatic rings. The summed E-state index contributed by atoms with van der Waals surface area (Å²) < 4.78 is 0. The molecule has 0 aliphatic heterocycles. The molecule has 0 fully saturated rings. The molecule has 0 bridgehead atoms. The van der Waals surface area contributed by atoms with E-state index in [1.807, 2.05) is 32.0 Å². The summed E-state index contributed by atoms with van der Waals surface area (Å²) in [4.78, 5) is 2.24. The standard InChI is InChI=1S/C15H17ClOS/c1-4-11-5-6-14(18-11)15(17)12-7-9(2)10(3)8-13(12)16/h5-8,15,17H,4H2,1-3H3. The maximum absolute atomic E-state index is 10.4. The van der Waals surface area contributed by atoms with Crippen LogP contribution in [0.3, 0.4) is 0 Å². The smallest absolute Gasteiger partial charge is 0.115 e. The first-order valence-electron chi connectivity index (χ1n) is 6.06. The first-order valence-corrected chi connectivity index (χ1v) is 7.25. The van der Waals surface area contributed by atoms with Crippen molar-refractivity contribution >= 4 is 22.9 Å². The van der Waals surface area contributed by atoms with Crippen LogP contribution in [0.4, 0.5) is 0 Å². The molecule has 1 unspecified atom stereocenters. The van der Waals surface area contributed by atoms with Crippen molar-refractivity contribution in [3.8, 4) is 0 Å². The van der Waals surface area contributed by atoms with Crippen molar-refractivity contribution in [1.82, 2.24) is 0 Å². The Hall–Kier alpha value is -0.830. The number of aliphatic hydroxyl groups excluding tert-OH is 1. The monoisotopic (exact) mass is 280 g/mol. The van der Waals surface area contributed by atoms with Crippen LogP contribution in [0.5, 0.6) is 0 Å². The average molecular weight is 281 g/mol. The van der Waals surface area contributed by atoms with Crippen molar-refractivity contribution in [2.75, 3.05) is 0 Å². The van der Waals surface area contributed by atoms with Gasteiger partial charge in [0, 0.05) is 20.3 Å². The lowest BCUT2D eigenvalue weighted by Gasteiger charge is -2.13. The third kappa shape index (κ3) is 2.61. The first kappa shape index (κ1) is 13.6. The van der Waals surface area contributed by atoms with Crippen LogP contribution >= 0.6 is 22.9 Å². The molecule has 18 heavy (non-hydrogen) atoms. The molecule has 0 spiro atoms. The number of hydrogen-bond donors (Lipinski definition) is 1. The highest BCUT2D eigenvalue weighted by Gasteiger charge is 2.16. The van der Waals surface area contributed by atoms with Crippen LogP contribution in [0.1, 0.15) is 39.5 Å². The van der Waals surface area contributed by atoms with E-state index in [-0.39, 0.29) is 0 Å². The van der Waals surface area contributed by atoms with Crippen molar-refractivity contribution in [2.24, 2.45) is 0 Å². The number of aryl methyl sites for hydroxylation is 3. The van der Waals surface area contributed by atoms with E-state index < -0.39 is 6.10 Å². The fourth-order valence-electron chi connectivity index (χ4n) is 1.90. The zero-order valence-electron chi connectivity index (χ0n) is 10.8.